The van der Waals surface area contributed by atoms with Gasteiger partial charge in [0.25, 0.3) is 5.91 Å². The molecule has 28 heavy (non-hydrogen) atoms. The largest absolute Gasteiger partial charge is 0.494 e. The van der Waals surface area contributed by atoms with Gasteiger partial charge < -0.3 is 24.3 Å². The lowest BCUT2D eigenvalue weighted by Crippen LogP contribution is -2.35. The highest BCUT2D eigenvalue weighted by Crippen LogP contribution is 2.34. The van der Waals surface area contributed by atoms with Gasteiger partial charge in [-0.3, -0.25) is 4.79 Å². The number of rotatable bonds is 8. The van der Waals surface area contributed by atoms with Crippen LogP contribution in [0.4, 0.5) is 0 Å². The van der Waals surface area contributed by atoms with Gasteiger partial charge >= 0.3 is 0 Å². The van der Waals surface area contributed by atoms with Gasteiger partial charge in [-0.2, -0.15) is 0 Å². The summed E-state index contributed by atoms with van der Waals surface area (Å²) in [6, 6.07) is 12.9. The Balaban J connectivity index is 1.60. The van der Waals surface area contributed by atoms with Crippen LogP contribution in [0.5, 0.6) is 23.0 Å². The fourth-order valence-corrected chi connectivity index (χ4v) is 3.05. The monoisotopic (exact) mass is 385 g/mol. The Morgan fingerprint density at radius 1 is 1.00 bits per heavy atom. The molecule has 1 heterocycles. The number of carbonyl (C=O) groups excluding carboxylic acids is 1. The van der Waals surface area contributed by atoms with E-state index in [9.17, 15) is 4.79 Å². The molecule has 6 heteroatoms. The highest BCUT2D eigenvalue weighted by molar-refractivity contribution is 5.78. The molecule has 0 saturated heterocycles. The maximum Gasteiger partial charge on any atom is 0.258 e. The Bertz CT molecular complexity index is 788. The van der Waals surface area contributed by atoms with Gasteiger partial charge in [0.05, 0.1) is 12.6 Å². The van der Waals surface area contributed by atoms with Crippen LogP contribution < -0.4 is 24.3 Å². The van der Waals surface area contributed by atoms with E-state index in [1.807, 2.05) is 37.3 Å². The molecule has 0 radical (unpaired) electrons. The van der Waals surface area contributed by atoms with Crippen molar-refractivity contribution in [2.75, 3.05) is 26.4 Å². The fraction of sp³-hybridized carbons (Fsp3) is 0.409. The molecule has 6 nitrogen and oxygen atoms in total. The van der Waals surface area contributed by atoms with E-state index in [-0.39, 0.29) is 24.5 Å². The van der Waals surface area contributed by atoms with E-state index in [4.69, 9.17) is 18.9 Å². The summed E-state index contributed by atoms with van der Waals surface area (Å²) in [5, 5.41) is 3.06. The van der Waals surface area contributed by atoms with Gasteiger partial charge in [-0.25, -0.2) is 0 Å². The lowest BCUT2D eigenvalue weighted by atomic mass is 9.95. The summed E-state index contributed by atoms with van der Waals surface area (Å²) in [6.45, 7) is 7.71. The molecule has 1 atom stereocenters. The van der Waals surface area contributed by atoms with Gasteiger partial charge in [0.15, 0.2) is 18.1 Å². The first kappa shape index (κ1) is 19.9. The number of fused-ring (bicyclic) bond motifs is 1. The number of hydrogen-bond acceptors (Lipinski definition) is 5. The zero-order valence-corrected chi connectivity index (χ0v) is 16.6. The standard InChI is InChI=1S/C22H27NO5/c1-4-25-17-6-8-18(9-7-17)28-14-21(24)23-22(15(2)3)16-5-10-19-20(13-16)27-12-11-26-19/h5-10,13,15,22H,4,11-12,14H2,1-3H3,(H,23,24). The van der Waals surface area contributed by atoms with Crippen molar-refractivity contribution in [2.45, 2.75) is 26.8 Å². The molecule has 0 bridgehead atoms. The Labute approximate surface area is 165 Å². The van der Waals surface area contributed by atoms with Crippen LogP contribution in [0, 0.1) is 5.92 Å². The molecule has 1 unspecified atom stereocenters. The summed E-state index contributed by atoms with van der Waals surface area (Å²) in [7, 11) is 0. The highest BCUT2D eigenvalue weighted by atomic mass is 16.6. The molecule has 1 amide bonds. The zero-order chi connectivity index (χ0) is 19.9. The molecule has 1 aliphatic rings. The molecule has 0 aliphatic carbocycles. The van der Waals surface area contributed by atoms with Crippen LogP contribution >= 0.6 is 0 Å². The normalized spacial score (nSPS) is 13.7. The molecule has 0 spiro atoms. The van der Waals surface area contributed by atoms with Crippen molar-refractivity contribution in [2.24, 2.45) is 5.92 Å². The molecule has 0 fully saturated rings. The third-order valence-corrected chi connectivity index (χ3v) is 4.41. The smallest absolute Gasteiger partial charge is 0.258 e. The number of ether oxygens (including phenoxy) is 4. The molecule has 2 aromatic rings. The van der Waals surface area contributed by atoms with Gasteiger partial charge in [-0.05, 0) is 54.8 Å². The van der Waals surface area contributed by atoms with Crippen LogP contribution in [0.15, 0.2) is 42.5 Å². The van der Waals surface area contributed by atoms with E-state index in [0.717, 1.165) is 17.1 Å². The maximum absolute atomic E-state index is 12.4. The van der Waals surface area contributed by atoms with E-state index in [1.54, 1.807) is 12.1 Å². The molecular formula is C22H27NO5. The first-order valence-electron chi connectivity index (χ1n) is 9.61. The minimum Gasteiger partial charge on any atom is -0.494 e. The number of benzene rings is 2. The van der Waals surface area contributed by atoms with Crippen LogP contribution in [-0.2, 0) is 4.79 Å². The lowest BCUT2D eigenvalue weighted by Gasteiger charge is -2.25. The topological polar surface area (TPSA) is 66.0 Å². The molecular weight excluding hydrogens is 358 g/mol. The number of amides is 1. The predicted octanol–water partition coefficient (Wildman–Crippen LogP) is 3.75. The quantitative estimate of drug-likeness (QED) is 0.750. The van der Waals surface area contributed by atoms with Crippen molar-refractivity contribution >= 4 is 5.91 Å². The minimum atomic E-state index is -0.178. The second-order valence-corrected chi connectivity index (χ2v) is 6.89. The lowest BCUT2D eigenvalue weighted by molar-refractivity contribution is -0.124. The van der Waals surface area contributed by atoms with Crippen molar-refractivity contribution < 1.29 is 23.7 Å². The van der Waals surface area contributed by atoms with E-state index < -0.39 is 0 Å². The van der Waals surface area contributed by atoms with Gasteiger partial charge in [-0.1, -0.05) is 19.9 Å². The Hall–Kier alpha value is -2.89. The summed E-state index contributed by atoms with van der Waals surface area (Å²) in [6.07, 6.45) is 0. The van der Waals surface area contributed by atoms with Gasteiger partial charge in [0.1, 0.15) is 24.7 Å². The Kier molecular flexibility index (Phi) is 6.63. The molecule has 2 aromatic carbocycles. The first-order chi connectivity index (χ1) is 13.6. The maximum atomic E-state index is 12.4. The van der Waals surface area contributed by atoms with E-state index in [0.29, 0.717) is 31.3 Å². The summed E-state index contributed by atoms with van der Waals surface area (Å²) in [4.78, 5) is 12.4. The number of hydrogen-bond donors (Lipinski definition) is 1. The third kappa shape index (κ3) is 5.09. The Morgan fingerprint density at radius 2 is 1.64 bits per heavy atom. The van der Waals surface area contributed by atoms with Gasteiger partial charge in [0, 0.05) is 0 Å². The van der Waals surface area contributed by atoms with E-state index in [2.05, 4.69) is 19.2 Å². The zero-order valence-electron chi connectivity index (χ0n) is 16.6. The summed E-state index contributed by atoms with van der Waals surface area (Å²) in [5.41, 5.74) is 0.980. The number of nitrogens with one attached hydrogen (secondary N) is 1. The molecule has 1 N–H and O–H groups in total. The summed E-state index contributed by atoms with van der Waals surface area (Å²) in [5.74, 6) is 2.88. The second-order valence-electron chi connectivity index (χ2n) is 6.89. The highest BCUT2D eigenvalue weighted by Gasteiger charge is 2.21. The van der Waals surface area contributed by atoms with Crippen molar-refractivity contribution in [1.29, 1.82) is 0 Å². The van der Waals surface area contributed by atoms with Crippen molar-refractivity contribution in [3.8, 4) is 23.0 Å². The SMILES string of the molecule is CCOc1ccc(OCC(=O)NC(c2ccc3c(c2)OCCO3)C(C)C)cc1. The summed E-state index contributed by atoms with van der Waals surface area (Å²) >= 11 is 0. The van der Waals surface area contributed by atoms with E-state index in [1.165, 1.54) is 0 Å². The first-order valence-corrected chi connectivity index (χ1v) is 9.61. The van der Waals surface area contributed by atoms with Crippen LogP contribution in [-0.4, -0.2) is 32.3 Å². The van der Waals surface area contributed by atoms with E-state index >= 15 is 0 Å². The molecule has 0 aromatic heterocycles. The average Bonchev–Trinajstić information content (AvgIpc) is 2.71. The van der Waals surface area contributed by atoms with Crippen molar-refractivity contribution in [3.05, 3.63) is 48.0 Å². The van der Waals surface area contributed by atoms with Crippen LogP contribution in [0.1, 0.15) is 32.4 Å². The average molecular weight is 385 g/mol. The fourth-order valence-electron chi connectivity index (χ4n) is 3.05. The van der Waals surface area contributed by atoms with Gasteiger partial charge in [-0.15, -0.1) is 0 Å². The minimum absolute atomic E-state index is 0.0538. The number of carbonyl (C=O) groups is 1. The van der Waals surface area contributed by atoms with Crippen LogP contribution in [0.3, 0.4) is 0 Å². The molecule has 1 aliphatic heterocycles. The third-order valence-electron chi connectivity index (χ3n) is 4.41. The molecule has 3 rings (SSSR count). The van der Waals surface area contributed by atoms with Crippen LogP contribution in [0.2, 0.25) is 0 Å². The predicted molar refractivity (Wildman–Crippen MR) is 106 cm³/mol. The second kappa shape index (κ2) is 9.35. The molecule has 0 saturated carbocycles. The van der Waals surface area contributed by atoms with Gasteiger partial charge in [0.2, 0.25) is 0 Å². The Morgan fingerprint density at radius 3 is 2.29 bits per heavy atom. The van der Waals surface area contributed by atoms with Crippen LogP contribution in [0.25, 0.3) is 0 Å². The molecule has 150 valence electrons. The van der Waals surface area contributed by atoms with Crippen molar-refractivity contribution in [1.82, 2.24) is 5.32 Å². The van der Waals surface area contributed by atoms with Crippen molar-refractivity contribution in [3.63, 3.8) is 0 Å². The summed E-state index contributed by atoms with van der Waals surface area (Å²) < 4.78 is 22.2.